The molecule has 1 saturated heterocycles. The first-order valence-corrected chi connectivity index (χ1v) is 14.7. The molecule has 0 unspecified atom stereocenters. The zero-order valence-corrected chi connectivity index (χ0v) is 23.9. The molecule has 1 fully saturated rings. The van der Waals surface area contributed by atoms with E-state index in [0.717, 1.165) is 32.7 Å². The van der Waals surface area contributed by atoms with Crippen LogP contribution in [0.3, 0.4) is 0 Å². The first kappa shape index (κ1) is 27.2. The molecular weight excluding hydrogens is 502 g/mol. The molecule has 0 radical (unpaired) electrons. The van der Waals surface area contributed by atoms with Crippen molar-refractivity contribution in [3.8, 4) is 22.4 Å². The van der Waals surface area contributed by atoms with E-state index in [0.29, 0.717) is 13.1 Å². The fourth-order valence-corrected chi connectivity index (χ4v) is 6.07. The van der Waals surface area contributed by atoms with Gasteiger partial charge in [0.1, 0.15) is 0 Å². The maximum Gasteiger partial charge on any atom is 0.0845 e. The Hall–Kier alpha value is -3.96. The highest BCUT2D eigenvalue weighted by atomic mass is 16.3. The van der Waals surface area contributed by atoms with Gasteiger partial charge in [-0.05, 0) is 35.7 Å². The van der Waals surface area contributed by atoms with Crippen LogP contribution >= 0.6 is 0 Å². The summed E-state index contributed by atoms with van der Waals surface area (Å²) >= 11 is 0. The van der Waals surface area contributed by atoms with E-state index in [1.54, 1.807) is 0 Å². The van der Waals surface area contributed by atoms with Crippen molar-refractivity contribution in [3.63, 3.8) is 0 Å². The smallest absolute Gasteiger partial charge is 0.0845 e. The van der Waals surface area contributed by atoms with E-state index in [9.17, 15) is 5.11 Å². The van der Waals surface area contributed by atoms with Crippen molar-refractivity contribution in [2.24, 2.45) is 0 Å². The molecule has 1 aromatic heterocycles. The van der Waals surface area contributed by atoms with Crippen LogP contribution in [-0.4, -0.2) is 64.8 Å². The van der Waals surface area contributed by atoms with Crippen molar-refractivity contribution in [1.82, 2.24) is 14.4 Å². The number of fused-ring (bicyclic) bond motifs is 1. The molecule has 0 aliphatic carbocycles. The Morgan fingerprint density at radius 3 is 2.00 bits per heavy atom. The Morgan fingerprint density at radius 1 is 0.707 bits per heavy atom. The molecule has 1 N–H and O–H groups in total. The van der Waals surface area contributed by atoms with Crippen molar-refractivity contribution in [2.75, 3.05) is 39.3 Å². The topological polar surface area (TPSA) is 31.6 Å². The number of piperazine rings is 1. The third kappa shape index (κ3) is 6.36. The maximum absolute atomic E-state index is 11.5. The van der Waals surface area contributed by atoms with Gasteiger partial charge < -0.3 is 9.67 Å². The van der Waals surface area contributed by atoms with E-state index in [4.69, 9.17) is 0 Å². The molecule has 1 aliphatic heterocycles. The maximum atomic E-state index is 11.5. The number of benzene rings is 4. The molecule has 0 amide bonds. The highest BCUT2D eigenvalue weighted by Crippen LogP contribution is 2.41. The van der Waals surface area contributed by atoms with Crippen LogP contribution in [0.5, 0.6) is 0 Å². The number of hydrogen-bond acceptors (Lipinski definition) is 3. The van der Waals surface area contributed by atoms with Gasteiger partial charge in [-0.1, -0.05) is 115 Å². The van der Waals surface area contributed by atoms with Gasteiger partial charge in [-0.25, -0.2) is 0 Å². The minimum atomic E-state index is -0.470. The number of β-amino-alcohol motifs (C(OH)–C–C–N with tert-alkyl or cyclic N) is 1. The normalized spacial score (nSPS) is 15.6. The minimum Gasteiger partial charge on any atom is -0.390 e. The fourth-order valence-electron chi connectivity index (χ4n) is 6.07. The predicted octanol–water partition coefficient (Wildman–Crippen LogP) is 6.98. The first-order chi connectivity index (χ1) is 20.2. The van der Waals surface area contributed by atoms with Crippen molar-refractivity contribution in [3.05, 3.63) is 126 Å². The Balaban J connectivity index is 1.20. The molecule has 0 spiro atoms. The second-order valence-electron chi connectivity index (χ2n) is 11.2. The van der Waals surface area contributed by atoms with Gasteiger partial charge in [0.2, 0.25) is 0 Å². The van der Waals surface area contributed by atoms with E-state index in [1.165, 1.54) is 44.4 Å². The largest absolute Gasteiger partial charge is 0.390 e. The molecule has 5 aromatic rings. The summed E-state index contributed by atoms with van der Waals surface area (Å²) in [6.45, 7) is 8.33. The first-order valence-electron chi connectivity index (χ1n) is 14.7. The van der Waals surface area contributed by atoms with Gasteiger partial charge in [0.05, 0.1) is 18.3 Å². The van der Waals surface area contributed by atoms with Gasteiger partial charge in [-0.2, -0.15) is 0 Å². The molecule has 1 aliphatic rings. The second-order valence-corrected chi connectivity index (χ2v) is 11.2. The third-order valence-corrected chi connectivity index (χ3v) is 8.13. The summed E-state index contributed by atoms with van der Waals surface area (Å²) in [5.41, 5.74) is 8.43. The van der Waals surface area contributed by atoms with Gasteiger partial charge in [-0.3, -0.25) is 9.80 Å². The summed E-state index contributed by atoms with van der Waals surface area (Å²) in [5, 5.41) is 12.7. The van der Waals surface area contributed by atoms with Crippen LogP contribution < -0.4 is 0 Å². The molecule has 4 heteroatoms. The minimum absolute atomic E-state index is 0.470. The van der Waals surface area contributed by atoms with Crippen molar-refractivity contribution in [1.29, 1.82) is 0 Å². The molecule has 0 bridgehead atoms. The van der Waals surface area contributed by atoms with E-state index in [-0.39, 0.29) is 0 Å². The molecule has 4 aromatic carbocycles. The summed E-state index contributed by atoms with van der Waals surface area (Å²) in [4.78, 5) is 4.90. The van der Waals surface area contributed by atoms with Crippen molar-refractivity contribution < 1.29 is 5.11 Å². The highest BCUT2D eigenvalue weighted by molar-refractivity contribution is 6.04. The number of rotatable bonds is 9. The molecule has 6 rings (SSSR count). The lowest BCUT2D eigenvalue weighted by Crippen LogP contribution is -2.48. The number of aliphatic hydroxyl groups excluding tert-OH is 1. The average Bonchev–Trinajstić information content (AvgIpc) is 3.32. The van der Waals surface area contributed by atoms with Gasteiger partial charge in [-0.15, -0.1) is 0 Å². The summed E-state index contributed by atoms with van der Waals surface area (Å²) < 4.78 is 2.35. The highest BCUT2D eigenvalue weighted by Gasteiger charge is 2.24. The number of aryl methyl sites for hydroxylation is 1. The van der Waals surface area contributed by atoms with E-state index < -0.39 is 6.10 Å². The summed E-state index contributed by atoms with van der Waals surface area (Å²) in [7, 11) is 0. The van der Waals surface area contributed by atoms with Gasteiger partial charge >= 0.3 is 0 Å². The summed E-state index contributed by atoms with van der Waals surface area (Å²) in [6, 6.07) is 38.5. The number of aromatic nitrogens is 1. The number of hydrogen-bond donors (Lipinski definition) is 1. The Kier molecular flexibility index (Phi) is 8.43. The number of nitrogens with zero attached hydrogens (tertiary/aromatic N) is 3. The Bertz CT molecular complexity index is 1580. The summed E-state index contributed by atoms with van der Waals surface area (Å²) in [5.74, 6) is 0. The lowest BCUT2D eigenvalue weighted by Gasteiger charge is -2.35. The molecule has 208 valence electrons. The van der Waals surface area contributed by atoms with Crippen LogP contribution in [0.2, 0.25) is 0 Å². The third-order valence-electron chi connectivity index (χ3n) is 8.13. The molecule has 41 heavy (non-hydrogen) atoms. The zero-order chi connectivity index (χ0) is 28.0. The van der Waals surface area contributed by atoms with Crippen molar-refractivity contribution in [2.45, 2.75) is 19.6 Å². The predicted molar refractivity (Wildman–Crippen MR) is 172 cm³/mol. The van der Waals surface area contributed by atoms with Crippen LogP contribution in [0.25, 0.3) is 39.4 Å². The van der Waals surface area contributed by atoms with Gasteiger partial charge in [0, 0.05) is 55.7 Å². The van der Waals surface area contributed by atoms with E-state index >= 15 is 0 Å². The molecule has 2 heterocycles. The average molecular weight is 542 g/mol. The number of aliphatic hydroxyl groups is 1. The Labute approximate surface area is 243 Å². The zero-order valence-electron chi connectivity index (χ0n) is 23.9. The van der Waals surface area contributed by atoms with Crippen LogP contribution in [0, 0.1) is 6.92 Å². The fraction of sp³-hybridized carbons (Fsp3) is 0.243. The van der Waals surface area contributed by atoms with Crippen LogP contribution in [0.1, 0.15) is 11.1 Å². The molecular formula is C37H39N3O. The van der Waals surface area contributed by atoms with Crippen LogP contribution in [-0.2, 0) is 6.54 Å². The molecule has 1 atom stereocenters. The monoisotopic (exact) mass is 541 g/mol. The SMILES string of the molecule is Cc1ccc2c(c1)c(-c1ccccc1)c(-c1ccccc1)n2C[C@@H](O)CN1CCN(C/C=C/c2ccccc2)CC1. The van der Waals surface area contributed by atoms with Crippen LogP contribution in [0.4, 0.5) is 0 Å². The molecule has 4 nitrogen and oxygen atoms in total. The van der Waals surface area contributed by atoms with Crippen molar-refractivity contribution >= 4 is 17.0 Å². The van der Waals surface area contributed by atoms with Gasteiger partial charge in [0.15, 0.2) is 0 Å². The Morgan fingerprint density at radius 2 is 1.32 bits per heavy atom. The quantitative estimate of drug-likeness (QED) is 0.219. The summed E-state index contributed by atoms with van der Waals surface area (Å²) in [6.07, 6.45) is 3.99. The second kappa shape index (κ2) is 12.7. The lowest BCUT2D eigenvalue weighted by atomic mass is 9.98. The van der Waals surface area contributed by atoms with E-state index in [1.807, 2.05) is 0 Å². The standard InChI is InChI=1S/C37H39N3O/c1-29-19-20-35-34(26-29)36(31-15-7-3-8-16-31)37(32-17-9-4-10-18-32)40(35)28-33(41)27-39-24-22-38(23-25-39)21-11-14-30-12-5-2-6-13-30/h2-20,26,33,41H,21-25,27-28H2,1H3/b14-11+/t33-/m0/s1. The lowest BCUT2D eigenvalue weighted by molar-refractivity contribution is 0.0684. The van der Waals surface area contributed by atoms with E-state index in [2.05, 4.69) is 143 Å². The molecule has 0 saturated carbocycles. The van der Waals surface area contributed by atoms with Gasteiger partial charge in [0.25, 0.3) is 0 Å². The van der Waals surface area contributed by atoms with Crippen LogP contribution in [0.15, 0.2) is 115 Å².